The Morgan fingerprint density at radius 3 is 2.55 bits per heavy atom. The van der Waals surface area contributed by atoms with E-state index in [0.717, 1.165) is 25.3 Å². The highest BCUT2D eigenvalue weighted by molar-refractivity contribution is 5.40. The van der Waals surface area contributed by atoms with Crippen LogP contribution in [-0.2, 0) is 6.18 Å². The molecule has 1 rings (SSSR count). The van der Waals surface area contributed by atoms with E-state index < -0.39 is 11.7 Å². The van der Waals surface area contributed by atoms with Crippen molar-refractivity contribution in [2.75, 3.05) is 13.2 Å². The number of rotatable bonds is 7. The first kappa shape index (κ1) is 16.8. The second-order valence-electron chi connectivity index (χ2n) is 4.93. The Bertz CT molecular complexity index is 418. The van der Waals surface area contributed by atoms with Crippen LogP contribution < -0.4 is 10.5 Å². The zero-order valence-electron chi connectivity index (χ0n) is 12.0. The summed E-state index contributed by atoms with van der Waals surface area (Å²) >= 11 is 0. The molecule has 0 fully saturated rings. The number of ether oxygens (including phenoxy) is 1. The molecular formula is C15H22F3NO. The fourth-order valence-electron chi connectivity index (χ4n) is 2.03. The molecule has 5 heteroatoms. The van der Waals surface area contributed by atoms with E-state index in [2.05, 4.69) is 0 Å². The molecule has 1 atom stereocenters. The molecule has 0 saturated heterocycles. The smallest absolute Gasteiger partial charge is 0.416 e. The van der Waals surface area contributed by atoms with Gasteiger partial charge in [-0.2, -0.15) is 13.2 Å². The minimum Gasteiger partial charge on any atom is -0.493 e. The van der Waals surface area contributed by atoms with Gasteiger partial charge in [0.15, 0.2) is 0 Å². The first-order chi connectivity index (χ1) is 9.40. The Morgan fingerprint density at radius 2 is 2.00 bits per heavy atom. The molecule has 0 aliphatic heterocycles. The molecule has 20 heavy (non-hydrogen) atoms. The Balaban J connectivity index is 3.05. The van der Waals surface area contributed by atoms with Crippen LogP contribution >= 0.6 is 0 Å². The molecule has 0 spiro atoms. The lowest BCUT2D eigenvalue weighted by Crippen LogP contribution is -2.09. The molecule has 0 aliphatic rings. The largest absolute Gasteiger partial charge is 0.493 e. The highest BCUT2D eigenvalue weighted by Crippen LogP contribution is 2.36. The number of benzene rings is 1. The lowest BCUT2D eigenvalue weighted by Gasteiger charge is -2.19. The number of hydrogen-bond acceptors (Lipinski definition) is 2. The number of nitrogens with two attached hydrogens (primary N) is 1. The van der Waals surface area contributed by atoms with Crippen LogP contribution in [0.1, 0.15) is 50.2 Å². The van der Waals surface area contributed by atoms with Crippen molar-refractivity contribution >= 4 is 0 Å². The van der Waals surface area contributed by atoms with E-state index in [1.54, 1.807) is 0 Å². The third-order valence-electron chi connectivity index (χ3n) is 3.17. The molecule has 0 radical (unpaired) electrons. The van der Waals surface area contributed by atoms with Gasteiger partial charge in [0.2, 0.25) is 0 Å². The number of alkyl halides is 3. The minimum absolute atomic E-state index is 0.00675. The van der Waals surface area contributed by atoms with E-state index >= 15 is 0 Å². The molecule has 1 aromatic rings. The quantitative estimate of drug-likeness (QED) is 0.810. The van der Waals surface area contributed by atoms with Gasteiger partial charge in [0.1, 0.15) is 5.75 Å². The number of hydrogen-bond donors (Lipinski definition) is 1. The molecule has 2 N–H and O–H groups in total. The van der Waals surface area contributed by atoms with Crippen molar-refractivity contribution in [1.82, 2.24) is 0 Å². The summed E-state index contributed by atoms with van der Waals surface area (Å²) in [6.07, 6.45) is -1.98. The normalized spacial score (nSPS) is 13.3. The van der Waals surface area contributed by atoms with Crippen molar-refractivity contribution in [3.05, 3.63) is 29.3 Å². The first-order valence-corrected chi connectivity index (χ1v) is 6.94. The van der Waals surface area contributed by atoms with Crippen LogP contribution in [0.2, 0.25) is 0 Å². The van der Waals surface area contributed by atoms with Gasteiger partial charge in [-0.15, -0.1) is 0 Å². The minimum atomic E-state index is -4.33. The highest BCUT2D eigenvalue weighted by atomic mass is 19.4. The predicted octanol–water partition coefficient (Wildman–Crippen LogP) is 4.34. The third kappa shape index (κ3) is 4.71. The summed E-state index contributed by atoms with van der Waals surface area (Å²) in [5.41, 5.74) is 5.45. The van der Waals surface area contributed by atoms with Crippen molar-refractivity contribution in [2.45, 2.75) is 45.2 Å². The fraction of sp³-hybridized carbons (Fsp3) is 0.600. The lowest BCUT2D eigenvalue weighted by molar-refractivity contribution is -0.137. The van der Waals surface area contributed by atoms with Crippen molar-refractivity contribution in [1.29, 1.82) is 0 Å². The second-order valence-corrected chi connectivity index (χ2v) is 4.93. The monoisotopic (exact) mass is 289 g/mol. The molecule has 1 unspecified atom stereocenters. The standard InChI is InChI=1S/C15H22F3NO/c1-3-9-20-14-7-6-12(15(16,17)18)10-13(14)11(2)5-4-8-19/h6-7,10-11H,3-5,8-9,19H2,1-2H3. The summed E-state index contributed by atoms with van der Waals surface area (Å²) in [5, 5.41) is 0. The van der Waals surface area contributed by atoms with Crippen LogP contribution in [-0.4, -0.2) is 13.2 Å². The predicted molar refractivity (Wildman–Crippen MR) is 73.9 cm³/mol. The van der Waals surface area contributed by atoms with Gasteiger partial charge in [-0.1, -0.05) is 13.8 Å². The summed E-state index contributed by atoms with van der Waals surface area (Å²) in [5.74, 6) is 0.539. The van der Waals surface area contributed by atoms with Crippen molar-refractivity contribution in [3.8, 4) is 5.75 Å². The van der Waals surface area contributed by atoms with Gasteiger partial charge in [0.25, 0.3) is 0 Å². The van der Waals surface area contributed by atoms with Crippen LogP contribution in [0.15, 0.2) is 18.2 Å². The van der Waals surface area contributed by atoms with Gasteiger partial charge in [-0.25, -0.2) is 0 Å². The van der Waals surface area contributed by atoms with Crippen molar-refractivity contribution in [2.24, 2.45) is 5.73 Å². The van der Waals surface area contributed by atoms with Crippen LogP contribution in [0.4, 0.5) is 13.2 Å². The van der Waals surface area contributed by atoms with E-state index in [-0.39, 0.29) is 5.92 Å². The Kier molecular flexibility index (Phi) is 6.33. The molecule has 0 saturated carbocycles. The molecule has 1 aromatic carbocycles. The molecule has 0 bridgehead atoms. The highest BCUT2D eigenvalue weighted by Gasteiger charge is 2.31. The van der Waals surface area contributed by atoms with Crippen LogP contribution in [0.25, 0.3) is 0 Å². The third-order valence-corrected chi connectivity index (χ3v) is 3.17. The molecule has 0 aliphatic carbocycles. The molecule has 0 amide bonds. The molecule has 114 valence electrons. The summed E-state index contributed by atoms with van der Waals surface area (Å²) in [4.78, 5) is 0. The summed E-state index contributed by atoms with van der Waals surface area (Å²) in [6, 6.07) is 3.70. The van der Waals surface area contributed by atoms with E-state index in [1.165, 1.54) is 12.1 Å². The zero-order chi connectivity index (χ0) is 15.2. The van der Waals surface area contributed by atoms with E-state index in [0.29, 0.717) is 24.5 Å². The van der Waals surface area contributed by atoms with Gasteiger partial charge < -0.3 is 10.5 Å². The Hall–Kier alpha value is -1.23. The summed E-state index contributed by atoms with van der Waals surface area (Å²) in [6.45, 7) is 4.90. The van der Waals surface area contributed by atoms with Crippen LogP contribution in [0.5, 0.6) is 5.75 Å². The molecule has 2 nitrogen and oxygen atoms in total. The summed E-state index contributed by atoms with van der Waals surface area (Å²) < 4.78 is 44.0. The van der Waals surface area contributed by atoms with Crippen LogP contribution in [0.3, 0.4) is 0 Å². The van der Waals surface area contributed by atoms with Gasteiger partial charge >= 0.3 is 6.18 Å². The van der Waals surface area contributed by atoms with Gasteiger partial charge in [-0.05, 0) is 55.5 Å². The maximum absolute atomic E-state index is 12.8. The SMILES string of the molecule is CCCOc1ccc(C(F)(F)F)cc1C(C)CCCN. The average molecular weight is 289 g/mol. The molecule has 0 heterocycles. The van der Waals surface area contributed by atoms with E-state index in [9.17, 15) is 13.2 Å². The molecular weight excluding hydrogens is 267 g/mol. The van der Waals surface area contributed by atoms with E-state index in [1.807, 2.05) is 13.8 Å². The van der Waals surface area contributed by atoms with Gasteiger partial charge in [-0.3, -0.25) is 0 Å². The maximum atomic E-state index is 12.8. The van der Waals surface area contributed by atoms with Gasteiger partial charge in [0, 0.05) is 0 Å². The Morgan fingerprint density at radius 1 is 1.30 bits per heavy atom. The first-order valence-electron chi connectivity index (χ1n) is 6.94. The lowest BCUT2D eigenvalue weighted by atomic mass is 9.93. The van der Waals surface area contributed by atoms with E-state index in [4.69, 9.17) is 10.5 Å². The van der Waals surface area contributed by atoms with Crippen molar-refractivity contribution in [3.63, 3.8) is 0 Å². The fourth-order valence-corrected chi connectivity index (χ4v) is 2.03. The summed E-state index contributed by atoms with van der Waals surface area (Å²) in [7, 11) is 0. The average Bonchev–Trinajstić information content (AvgIpc) is 2.41. The topological polar surface area (TPSA) is 35.2 Å². The van der Waals surface area contributed by atoms with Crippen molar-refractivity contribution < 1.29 is 17.9 Å². The maximum Gasteiger partial charge on any atom is 0.416 e. The van der Waals surface area contributed by atoms with Gasteiger partial charge in [0.05, 0.1) is 12.2 Å². The zero-order valence-corrected chi connectivity index (χ0v) is 12.0. The van der Waals surface area contributed by atoms with Crippen LogP contribution in [0, 0.1) is 0 Å². The Labute approximate surface area is 118 Å². The number of halogens is 3. The molecule has 0 aromatic heterocycles. The second kappa shape index (κ2) is 7.53.